The summed E-state index contributed by atoms with van der Waals surface area (Å²) < 4.78 is 12.7. The average molecular weight is 432 g/mol. The van der Waals surface area contributed by atoms with E-state index in [1.807, 2.05) is 33.7 Å². The molecular formula is C24H24N4O4. The largest absolute Gasteiger partial charge is 0.454 e. The van der Waals surface area contributed by atoms with Crippen molar-refractivity contribution in [2.24, 2.45) is 0 Å². The maximum Gasteiger partial charge on any atom is 0.253 e. The van der Waals surface area contributed by atoms with Gasteiger partial charge in [-0.05, 0) is 37.1 Å². The molecule has 1 fully saturated rings. The van der Waals surface area contributed by atoms with Crippen LogP contribution in [-0.2, 0) is 9.59 Å². The predicted molar refractivity (Wildman–Crippen MR) is 119 cm³/mol. The summed E-state index contributed by atoms with van der Waals surface area (Å²) in [6, 6.07) is 12.6. The minimum Gasteiger partial charge on any atom is -0.454 e. The fraction of sp³-hybridized carbons (Fsp3) is 0.375. The molecule has 1 aliphatic carbocycles. The van der Waals surface area contributed by atoms with Gasteiger partial charge in [0, 0.05) is 17.8 Å². The van der Waals surface area contributed by atoms with Gasteiger partial charge >= 0.3 is 0 Å². The number of hydrogen-bond acceptors (Lipinski definition) is 5. The van der Waals surface area contributed by atoms with Gasteiger partial charge in [0.15, 0.2) is 11.5 Å². The Kier molecular flexibility index (Phi) is 4.52. The number of anilines is 2. The average Bonchev–Trinajstić information content (AvgIpc) is 3.48. The van der Waals surface area contributed by atoms with Crippen molar-refractivity contribution in [1.82, 2.24) is 9.55 Å². The van der Waals surface area contributed by atoms with E-state index in [9.17, 15) is 9.59 Å². The predicted octanol–water partition coefficient (Wildman–Crippen LogP) is 4.01. The number of carbonyl (C=O) groups is 2. The highest BCUT2D eigenvalue weighted by Crippen LogP contribution is 2.40. The zero-order valence-corrected chi connectivity index (χ0v) is 17.6. The SMILES string of the molecule is O=C(C[C@@H]1C(=O)N(C2CCCCC2)c2nc3ccccc3n21)Nc1ccc2c(c1)OCO2. The number of para-hydroxylation sites is 2. The Bertz CT molecular complexity index is 1210. The summed E-state index contributed by atoms with van der Waals surface area (Å²) in [7, 11) is 0. The van der Waals surface area contributed by atoms with Crippen molar-refractivity contribution in [3.05, 3.63) is 42.5 Å². The van der Waals surface area contributed by atoms with Crippen molar-refractivity contribution in [2.45, 2.75) is 50.6 Å². The number of nitrogens with zero attached hydrogens (tertiary/aromatic N) is 3. The molecule has 8 heteroatoms. The topological polar surface area (TPSA) is 85.7 Å². The minimum absolute atomic E-state index is 0.0361. The highest BCUT2D eigenvalue weighted by Gasteiger charge is 2.44. The van der Waals surface area contributed by atoms with Gasteiger partial charge in [0.1, 0.15) is 6.04 Å². The standard InChI is InChI=1S/C24H24N4O4/c29-22(25-15-10-11-20-21(12-15)32-14-31-20)13-19-23(30)27(16-6-2-1-3-7-16)24-26-17-8-4-5-9-18(17)28(19)24/h4-5,8-12,16,19H,1-3,6-7,13-14H2,(H,25,29)/t19-/m1/s1. The van der Waals surface area contributed by atoms with Crippen LogP contribution < -0.4 is 19.7 Å². The van der Waals surface area contributed by atoms with Gasteiger partial charge in [-0.2, -0.15) is 0 Å². The summed E-state index contributed by atoms with van der Waals surface area (Å²) >= 11 is 0. The molecule has 3 heterocycles. The molecule has 6 rings (SSSR count). The van der Waals surface area contributed by atoms with E-state index < -0.39 is 6.04 Å². The van der Waals surface area contributed by atoms with E-state index in [-0.39, 0.29) is 31.1 Å². The van der Waals surface area contributed by atoms with Gasteiger partial charge in [0.05, 0.1) is 17.5 Å². The second-order valence-corrected chi connectivity index (χ2v) is 8.61. The summed E-state index contributed by atoms with van der Waals surface area (Å²) in [6.45, 7) is 0.177. The first-order valence-electron chi connectivity index (χ1n) is 11.2. The molecule has 3 aromatic rings. The fourth-order valence-corrected chi connectivity index (χ4v) is 5.10. The smallest absolute Gasteiger partial charge is 0.253 e. The number of benzene rings is 2. The Balaban J connectivity index is 1.30. The molecule has 3 aliphatic rings. The molecule has 1 N–H and O–H groups in total. The zero-order chi connectivity index (χ0) is 21.7. The van der Waals surface area contributed by atoms with E-state index in [4.69, 9.17) is 14.5 Å². The number of hydrogen-bond donors (Lipinski definition) is 1. The van der Waals surface area contributed by atoms with Crippen molar-refractivity contribution < 1.29 is 19.1 Å². The summed E-state index contributed by atoms with van der Waals surface area (Å²) in [6.07, 6.45) is 5.43. The van der Waals surface area contributed by atoms with Crippen molar-refractivity contribution in [1.29, 1.82) is 0 Å². The Morgan fingerprint density at radius 2 is 1.88 bits per heavy atom. The normalized spacial score (nSPS) is 20.1. The van der Waals surface area contributed by atoms with Crippen molar-refractivity contribution in [3.63, 3.8) is 0 Å². The van der Waals surface area contributed by atoms with Crippen LogP contribution in [0.15, 0.2) is 42.5 Å². The third-order valence-corrected chi connectivity index (χ3v) is 6.60. The number of carbonyl (C=O) groups excluding carboxylic acids is 2. The lowest BCUT2D eigenvalue weighted by Crippen LogP contribution is -2.41. The minimum atomic E-state index is -0.603. The molecular weight excluding hydrogens is 408 g/mol. The quantitative estimate of drug-likeness (QED) is 0.673. The molecule has 1 saturated carbocycles. The van der Waals surface area contributed by atoms with Gasteiger partial charge < -0.3 is 14.8 Å². The molecule has 32 heavy (non-hydrogen) atoms. The van der Waals surface area contributed by atoms with Crippen molar-refractivity contribution >= 4 is 34.5 Å². The van der Waals surface area contributed by atoms with E-state index >= 15 is 0 Å². The molecule has 0 radical (unpaired) electrons. The Morgan fingerprint density at radius 1 is 1.06 bits per heavy atom. The summed E-state index contributed by atoms with van der Waals surface area (Å²) in [5, 5.41) is 2.91. The van der Waals surface area contributed by atoms with E-state index in [1.165, 1.54) is 6.42 Å². The Labute approximate surface area is 185 Å². The van der Waals surface area contributed by atoms with Gasteiger partial charge in [-0.3, -0.25) is 19.1 Å². The molecule has 2 aliphatic heterocycles. The van der Waals surface area contributed by atoms with Crippen LogP contribution >= 0.6 is 0 Å². The molecule has 0 unspecified atom stereocenters. The molecule has 1 atom stereocenters. The number of aromatic nitrogens is 2. The Hall–Kier alpha value is -3.55. The molecule has 8 nitrogen and oxygen atoms in total. The van der Waals surface area contributed by atoms with Crippen LogP contribution in [0.2, 0.25) is 0 Å². The van der Waals surface area contributed by atoms with Crippen LogP contribution in [0.1, 0.15) is 44.6 Å². The lowest BCUT2D eigenvalue weighted by atomic mass is 9.94. The van der Waals surface area contributed by atoms with Gasteiger partial charge in [-0.1, -0.05) is 31.4 Å². The lowest BCUT2D eigenvalue weighted by molar-refractivity contribution is -0.125. The number of amides is 2. The van der Waals surface area contributed by atoms with Crippen LogP contribution in [0.4, 0.5) is 11.6 Å². The number of rotatable bonds is 4. The lowest BCUT2D eigenvalue weighted by Gasteiger charge is -2.30. The third-order valence-electron chi connectivity index (χ3n) is 6.60. The van der Waals surface area contributed by atoms with Gasteiger partial charge in [-0.25, -0.2) is 4.98 Å². The highest BCUT2D eigenvalue weighted by atomic mass is 16.7. The van der Waals surface area contributed by atoms with Crippen molar-refractivity contribution in [2.75, 3.05) is 17.0 Å². The maximum absolute atomic E-state index is 13.6. The highest BCUT2D eigenvalue weighted by molar-refractivity contribution is 6.05. The number of ether oxygens (including phenoxy) is 2. The van der Waals surface area contributed by atoms with E-state index in [0.717, 1.165) is 36.7 Å². The van der Waals surface area contributed by atoms with Gasteiger partial charge in [0.25, 0.3) is 5.91 Å². The number of fused-ring (bicyclic) bond motifs is 4. The summed E-state index contributed by atoms with van der Waals surface area (Å²) in [5.74, 6) is 1.67. The third kappa shape index (κ3) is 3.09. The van der Waals surface area contributed by atoms with Gasteiger partial charge in [0.2, 0.25) is 18.6 Å². The van der Waals surface area contributed by atoms with Gasteiger partial charge in [-0.15, -0.1) is 0 Å². The van der Waals surface area contributed by atoms with Crippen molar-refractivity contribution in [3.8, 4) is 11.5 Å². The van der Waals surface area contributed by atoms with E-state index in [0.29, 0.717) is 23.1 Å². The molecule has 164 valence electrons. The molecule has 2 amide bonds. The molecule has 0 spiro atoms. The van der Waals surface area contributed by atoms with E-state index in [2.05, 4.69) is 5.32 Å². The van der Waals surface area contributed by atoms with Crippen LogP contribution in [0, 0.1) is 0 Å². The monoisotopic (exact) mass is 432 g/mol. The van der Waals surface area contributed by atoms with Crippen LogP contribution in [0.3, 0.4) is 0 Å². The van der Waals surface area contributed by atoms with Crippen LogP contribution in [-0.4, -0.2) is 34.2 Å². The summed E-state index contributed by atoms with van der Waals surface area (Å²) in [4.78, 5) is 33.2. The first kappa shape index (κ1) is 19.2. The summed E-state index contributed by atoms with van der Waals surface area (Å²) in [5.41, 5.74) is 2.34. The fourth-order valence-electron chi connectivity index (χ4n) is 5.10. The first-order valence-corrected chi connectivity index (χ1v) is 11.2. The van der Waals surface area contributed by atoms with Crippen LogP contribution in [0.5, 0.6) is 11.5 Å². The number of nitrogens with one attached hydrogen (secondary N) is 1. The molecule has 0 saturated heterocycles. The maximum atomic E-state index is 13.6. The molecule has 2 aromatic carbocycles. The van der Waals surface area contributed by atoms with E-state index in [1.54, 1.807) is 18.2 Å². The Morgan fingerprint density at radius 3 is 2.75 bits per heavy atom. The molecule has 1 aromatic heterocycles. The number of imidazole rings is 1. The first-order chi connectivity index (χ1) is 15.7. The zero-order valence-electron chi connectivity index (χ0n) is 17.6. The van der Waals surface area contributed by atoms with Crippen LogP contribution in [0.25, 0.3) is 11.0 Å². The second-order valence-electron chi connectivity index (χ2n) is 8.61. The second kappa shape index (κ2) is 7.55. The molecule has 0 bridgehead atoms.